The molecule has 2 heterocycles. The van der Waals surface area contributed by atoms with Gasteiger partial charge in [-0.05, 0) is 38.3 Å². The number of anilines is 1. The van der Waals surface area contributed by atoms with E-state index in [1.807, 2.05) is 19.4 Å². The zero-order valence-corrected chi connectivity index (χ0v) is 18.0. The molecule has 0 saturated carbocycles. The number of halogens is 3. The molecule has 1 aliphatic rings. The van der Waals surface area contributed by atoms with Crippen LogP contribution in [0.2, 0.25) is 10.0 Å². The maximum atomic E-state index is 13.7. The standard InChI is InChI=1S/C17H15Cl2FN2O2.C2H7NS/c18-12-5-14(8-21-7-12)22-3-1-2-13(22)10-24-17-6-16(20)11(9-23)4-15(17)19;1-3-4-2/h4-9,13H,1-3,10H2;3H,1-2H3. The highest BCUT2D eigenvalue weighted by atomic mass is 35.5. The van der Waals surface area contributed by atoms with Crippen molar-refractivity contribution in [2.75, 3.05) is 31.4 Å². The first-order valence-corrected chi connectivity index (χ1v) is 10.6. The number of aldehydes is 1. The van der Waals surface area contributed by atoms with Crippen molar-refractivity contribution in [3.05, 3.63) is 52.0 Å². The van der Waals surface area contributed by atoms with Crippen LogP contribution < -0.4 is 14.4 Å². The summed E-state index contributed by atoms with van der Waals surface area (Å²) in [6, 6.07) is 4.40. The van der Waals surface area contributed by atoms with E-state index in [-0.39, 0.29) is 22.4 Å². The van der Waals surface area contributed by atoms with E-state index >= 15 is 0 Å². The first-order chi connectivity index (χ1) is 13.5. The average Bonchev–Trinajstić information content (AvgIpc) is 3.17. The lowest BCUT2D eigenvalue weighted by Crippen LogP contribution is -2.34. The van der Waals surface area contributed by atoms with Crippen LogP contribution in [-0.2, 0) is 0 Å². The molecular weight excluding hydrogens is 424 g/mol. The van der Waals surface area contributed by atoms with Crippen LogP contribution in [0.25, 0.3) is 0 Å². The van der Waals surface area contributed by atoms with Gasteiger partial charge in [0.25, 0.3) is 0 Å². The van der Waals surface area contributed by atoms with Crippen molar-refractivity contribution < 1.29 is 13.9 Å². The normalized spacial score (nSPS) is 15.8. The van der Waals surface area contributed by atoms with Crippen LogP contribution in [0.1, 0.15) is 23.2 Å². The topological polar surface area (TPSA) is 54.5 Å². The fourth-order valence-corrected chi connectivity index (χ4v) is 3.23. The van der Waals surface area contributed by atoms with Gasteiger partial charge in [0.15, 0.2) is 6.29 Å². The third-order valence-electron chi connectivity index (χ3n) is 4.21. The Balaban J connectivity index is 0.000000640. The maximum absolute atomic E-state index is 13.7. The van der Waals surface area contributed by atoms with E-state index in [0.717, 1.165) is 31.1 Å². The zero-order chi connectivity index (χ0) is 20.5. The second-order valence-electron chi connectivity index (χ2n) is 5.99. The second kappa shape index (κ2) is 11.5. The van der Waals surface area contributed by atoms with E-state index in [2.05, 4.69) is 14.6 Å². The second-order valence-corrected chi connectivity index (χ2v) is 7.65. The molecule has 28 heavy (non-hydrogen) atoms. The highest BCUT2D eigenvalue weighted by Crippen LogP contribution is 2.30. The monoisotopic (exact) mass is 445 g/mol. The molecule has 1 aliphatic heterocycles. The van der Waals surface area contributed by atoms with Gasteiger partial charge in [-0.2, -0.15) is 0 Å². The molecule has 2 aromatic rings. The number of hydrogen-bond donors (Lipinski definition) is 1. The van der Waals surface area contributed by atoms with E-state index in [4.69, 9.17) is 27.9 Å². The Labute approximate surface area is 178 Å². The lowest BCUT2D eigenvalue weighted by Gasteiger charge is -2.26. The van der Waals surface area contributed by atoms with Gasteiger partial charge in [-0.3, -0.25) is 14.5 Å². The van der Waals surface area contributed by atoms with Gasteiger partial charge in [0.2, 0.25) is 0 Å². The number of hydrogen-bond acceptors (Lipinski definition) is 6. The maximum Gasteiger partial charge on any atom is 0.153 e. The number of benzene rings is 1. The van der Waals surface area contributed by atoms with Crippen LogP contribution in [0.15, 0.2) is 30.6 Å². The predicted octanol–water partition coefficient (Wildman–Crippen LogP) is 4.87. The molecule has 0 spiro atoms. The van der Waals surface area contributed by atoms with Crippen molar-refractivity contribution >= 4 is 47.1 Å². The Morgan fingerprint density at radius 3 is 2.79 bits per heavy atom. The quantitative estimate of drug-likeness (QED) is 0.505. The van der Waals surface area contributed by atoms with Crippen molar-refractivity contribution in [2.24, 2.45) is 0 Å². The lowest BCUT2D eigenvalue weighted by atomic mass is 10.2. The number of aromatic nitrogens is 1. The largest absolute Gasteiger partial charge is 0.490 e. The van der Waals surface area contributed by atoms with E-state index in [9.17, 15) is 9.18 Å². The number of nitrogens with zero attached hydrogens (tertiary/aromatic N) is 2. The summed E-state index contributed by atoms with van der Waals surface area (Å²) in [5, 5.41) is 0.793. The van der Waals surface area contributed by atoms with Gasteiger partial charge >= 0.3 is 0 Å². The van der Waals surface area contributed by atoms with E-state index in [1.54, 1.807) is 24.3 Å². The first-order valence-electron chi connectivity index (χ1n) is 8.64. The Hall–Kier alpha value is -1.54. The highest BCUT2D eigenvalue weighted by molar-refractivity contribution is 7.96. The van der Waals surface area contributed by atoms with Gasteiger partial charge in [0.1, 0.15) is 18.2 Å². The van der Waals surface area contributed by atoms with E-state index < -0.39 is 5.82 Å². The smallest absolute Gasteiger partial charge is 0.153 e. The molecule has 0 bridgehead atoms. The van der Waals surface area contributed by atoms with Gasteiger partial charge in [0, 0.05) is 18.8 Å². The summed E-state index contributed by atoms with van der Waals surface area (Å²) in [4.78, 5) is 17.0. The fourth-order valence-electron chi connectivity index (χ4n) is 2.84. The van der Waals surface area contributed by atoms with Crippen LogP contribution in [0.4, 0.5) is 10.1 Å². The Morgan fingerprint density at radius 2 is 2.14 bits per heavy atom. The van der Waals surface area contributed by atoms with Gasteiger partial charge in [-0.25, -0.2) is 4.39 Å². The minimum atomic E-state index is -0.647. The molecule has 0 radical (unpaired) electrons. The third kappa shape index (κ3) is 6.24. The lowest BCUT2D eigenvalue weighted by molar-refractivity contribution is 0.111. The fraction of sp³-hybridized carbons (Fsp3) is 0.368. The van der Waals surface area contributed by atoms with E-state index in [0.29, 0.717) is 17.9 Å². The molecule has 1 fully saturated rings. The SMILES string of the molecule is CNSC.O=Cc1cc(Cl)c(OCC2CCCN2c2cncc(Cl)c2)cc1F. The molecule has 1 aromatic heterocycles. The molecule has 1 N–H and O–H groups in total. The van der Waals surface area contributed by atoms with Gasteiger partial charge < -0.3 is 9.64 Å². The van der Waals surface area contributed by atoms with Crippen LogP contribution >= 0.6 is 35.1 Å². The summed E-state index contributed by atoms with van der Waals surface area (Å²) in [5.41, 5.74) is 0.849. The molecule has 5 nitrogen and oxygen atoms in total. The summed E-state index contributed by atoms with van der Waals surface area (Å²) >= 11 is 13.7. The molecule has 1 aromatic carbocycles. The summed E-state index contributed by atoms with van der Waals surface area (Å²) in [5.74, 6) is -0.414. The molecule has 0 aliphatic carbocycles. The minimum Gasteiger partial charge on any atom is -0.490 e. The highest BCUT2D eigenvalue weighted by Gasteiger charge is 2.26. The number of rotatable bonds is 6. The number of carbonyl (C=O) groups is 1. The summed E-state index contributed by atoms with van der Waals surface area (Å²) in [7, 11) is 1.89. The number of ether oxygens (including phenoxy) is 1. The predicted molar refractivity (Wildman–Crippen MR) is 114 cm³/mol. The van der Waals surface area contributed by atoms with Crippen LogP contribution in [-0.4, -0.2) is 43.8 Å². The van der Waals surface area contributed by atoms with Crippen LogP contribution in [0, 0.1) is 5.82 Å². The molecule has 3 rings (SSSR count). The summed E-state index contributed by atoms with van der Waals surface area (Å²) < 4.78 is 22.3. The first kappa shape index (κ1) is 22.7. The zero-order valence-electron chi connectivity index (χ0n) is 15.6. The van der Waals surface area contributed by atoms with Crippen molar-refractivity contribution in [3.63, 3.8) is 0 Å². The molecule has 1 unspecified atom stereocenters. The van der Waals surface area contributed by atoms with Crippen molar-refractivity contribution in [1.82, 2.24) is 9.71 Å². The Kier molecular flexibility index (Phi) is 9.31. The Morgan fingerprint density at radius 1 is 1.39 bits per heavy atom. The molecule has 1 saturated heterocycles. The molecule has 9 heteroatoms. The molecule has 0 amide bonds. The summed E-state index contributed by atoms with van der Waals surface area (Å²) in [6.07, 6.45) is 7.72. The number of pyridine rings is 1. The Bertz CT molecular complexity index is 796. The number of carbonyl (C=O) groups excluding carboxylic acids is 1. The van der Waals surface area contributed by atoms with E-state index in [1.165, 1.54) is 6.07 Å². The molecule has 152 valence electrons. The van der Waals surface area contributed by atoms with Crippen molar-refractivity contribution in [1.29, 1.82) is 0 Å². The van der Waals surface area contributed by atoms with Crippen LogP contribution in [0.5, 0.6) is 5.75 Å². The molecular formula is C19H22Cl2FN3O2S. The molecule has 1 atom stereocenters. The summed E-state index contributed by atoms with van der Waals surface area (Å²) in [6.45, 7) is 1.23. The third-order valence-corrected chi connectivity index (χ3v) is 5.12. The van der Waals surface area contributed by atoms with Gasteiger partial charge in [-0.15, -0.1) is 0 Å². The van der Waals surface area contributed by atoms with Crippen LogP contribution in [0.3, 0.4) is 0 Å². The van der Waals surface area contributed by atoms with Gasteiger partial charge in [-0.1, -0.05) is 35.1 Å². The van der Waals surface area contributed by atoms with Gasteiger partial charge in [0.05, 0.1) is 33.5 Å². The van der Waals surface area contributed by atoms with Crippen molar-refractivity contribution in [3.8, 4) is 5.75 Å². The number of nitrogens with one attached hydrogen (secondary N) is 1. The average molecular weight is 446 g/mol. The van der Waals surface area contributed by atoms with Crippen molar-refractivity contribution in [2.45, 2.75) is 18.9 Å². The minimum absolute atomic E-state index is 0.0835.